The molecule has 3 atom stereocenters. The normalized spacial score (nSPS) is 19.5. The lowest BCUT2D eigenvalue weighted by Gasteiger charge is -2.35. The highest BCUT2D eigenvalue weighted by atomic mass is 16.6. The van der Waals surface area contributed by atoms with Crippen LogP contribution >= 0.6 is 0 Å². The van der Waals surface area contributed by atoms with Crippen molar-refractivity contribution in [1.82, 2.24) is 15.5 Å². The van der Waals surface area contributed by atoms with E-state index >= 15 is 0 Å². The van der Waals surface area contributed by atoms with Gasteiger partial charge in [0.05, 0.1) is 6.10 Å². The summed E-state index contributed by atoms with van der Waals surface area (Å²) >= 11 is 0. The van der Waals surface area contributed by atoms with E-state index in [9.17, 15) is 24.3 Å². The fourth-order valence-electron chi connectivity index (χ4n) is 6.02. The predicted octanol–water partition coefficient (Wildman–Crippen LogP) is 5.03. The van der Waals surface area contributed by atoms with Crippen LogP contribution in [-0.4, -0.2) is 76.7 Å². The molecule has 44 heavy (non-hydrogen) atoms. The molecule has 1 aliphatic heterocycles. The quantitative estimate of drug-likeness (QED) is 0.319. The molecule has 0 bridgehead atoms. The van der Waals surface area contributed by atoms with Crippen LogP contribution < -0.4 is 10.6 Å². The number of nitrogens with zero attached hydrogens (tertiary/aromatic N) is 1. The number of carbonyl (C=O) groups excluding carboxylic acids is 3. The van der Waals surface area contributed by atoms with E-state index in [0.717, 1.165) is 22.3 Å². The Kier molecular flexibility index (Phi) is 9.88. The van der Waals surface area contributed by atoms with Gasteiger partial charge in [-0.15, -0.1) is 0 Å². The zero-order chi connectivity index (χ0) is 32.2. The van der Waals surface area contributed by atoms with E-state index in [1.807, 2.05) is 48.5 Å². The minimum atomic E-state index is -1.22. The fourth-order valence-corrected chi connectivity index (χ4v) is 6.02. The number of amides is 3. The first-order valence-corrected chi connectivity index (χ1v) is 15.0. The maximum Gasteiger partial charge on any atom is 0.407 e. The molecule has 0 aromatic heterocycles. The summed E-state index contributed by atoms with van der Waals surface area (Å²) in [4.78, 5) is 52.4. The third kappa shape index (κ3) is 7.50. The molecule has 3 amide bonds. The number of hydrogen-bond acceptors (Lipinski definition) is 7. The second-order valence-electron chi connectivity index (χ2n) is 12.7. The van der Waals surface area contributed by atoms with Crippen LogP contribution in [0.15, 0.2) is 48.5 Å². The van der Waals surface area contributed by atoms with Crippen LogP contribution in [0.1, 0.15) is 77.8 Å². The lowest BCUT2D eigenvalue weighted by atomic mass is 9.98. The van der Waals surface area contributed by atoms with Gasteiger partial charge in [-0.2, -0.15) is 0 Å². The number of benzene rings is 2. The van der Waals surface area contributed by atoms with Crippen LogP contribution in [0.2, 0.25) is 0 Å². The number of nitrogens with one attached hydrogen (secondary N) is 2. The highest BCUT2D eigenvalue weighted by Gasteiger charge is 2.52. The molecule has 3 unspecified atom stereocenters. The molecule has 1 heterocycles. The van der Waals surface area contributed by atoms with Gasteiger partial charge in [0.2, 0.25) is 5.91 Å². The third-order valence-corrected chi connectivity index (χ3v) is 7.79. The molecule has 1 saturated heterocycles. The lowest BCUT2D eigenvalue weighted by molar-refractivity contribution is -0.156. The van der Waals surface area contributed by atoms with Crippen molar-refractivity contribution >= 4 is 24.1 Å². The molecule has 11 heteroatoms. The minimum Gasteiger partial charge on any atom is -0.480 e. The van der Waals surface area contributed by atoms with Crippen LogP contribution in [0, 0.1) is 0 Å². The van der Waals surface area contributed by atoms with Gasteiger partial charge in [0.25, 0.3) is 0 Å². The van der Waals surface area contributed by atoms with Gasteiger partial charge < -0.3 is 30.0 Å². The van der Waals surface area contributed by atoms with Crippen LogP contribution in [0.5, 0.6) is 0 Å². The van der Waals surface area contributed by atoms with Crippen molar-refractivity contribution in [2.45, 2.75) is 96.2 Å². The lowest BCUT2D eigenvalue weighted by Crippen LogP contribution is -2.58. The largest absolute Gasteiger partial charge is 0.480 e. The van der Waals surface area contributed by atoms with Crippen LogP contribution in [0.25, 0.3) is 11.1 Å². The Morgan fingerprint density at radius 2 is 1.57 bits per heavy atom. The van der Waals surface area contributed by atoms with Gasteiger partial charge in [0.15, 0.2) is 6.04 Å². The Bertz CT molecular complexity index is 1340. The molecule has 4 rings (SSSR count). The molecule has 3 N–H and O–H groups in total. The maximum absolute atomic E-state index is 13.9. The molecule has 1 fully saturated rings. The number of unbranched alkanes of at least 4 members (excludes halogenated alkanes) is 1. The second-order valence-corrected chi connectivity index (χ2v) is 12.7. The first-order valence-electron chi connectivity index (χ1n) is 15.0. The van der Waals surface area contributed by atoms with Gasteiger partial charge in [-0.25, -0.2) is 14.4 Å². The number of fused-ring (bicyclic) bond motifs is 3. The van der Waals surface area contributed by atoms with Crippen molar-refractivity contribution < 1.29 is 38.5 Å². The number of rotatable bonds is 10. The van der Waals surface area contributed by atoms with Crippen LogP contribution in [0.3, 0.4) is 0 Å². The smallest absolute Gasteiger partial charge is 0.407 e. The second kappa shape index (κ2) is 13.3. The van der Waals surface area contributed by atoms with E-state index in [1.165, 1.54) is 4.90 Å². The standard InChI is InChI=1S/C33H43N3O8/c1-20-27(29(38)39)36(33(5,6)43-20)28(37)26(17-11-12-18-34-30(40)44-32(2,3)4)35-31(41)42-19-25-23-15-9-7-13-21(23)22-14-8-10-16-24(22)25/h7-10,13-16,20,25-27H,11-12,17-19H2,1-6H3,(H,34,40)(H,35,41)(H,38,39). The number of aliphatic carboxylic acids is 1. The highest BCUT2D eigenvalue weighted by Crippen LogP contribution is 2.44. The monoisotopic (exact) mass is 609 g/mol. The van der Waals surface area contributed by atoms with Crippen molar-refractivity contribution in [3.63, 3.8) is 0 Å². The summed E-state index contributed by atoms with van der Waals surface area (Å²) in [6.07, 6.45) is -0.954. The molecule has 0 radical (unpaired) electrons. The first-order chi connectivity index (χ1) is 20.7. The molecule has 2 aliphatic rings. The zero-order valence-corrected chi connectivity index (χ0v) is 26.2. The molecular weight excluding hydrogens is 566 g/mol. The van der Waals surface area contributed by atoms with E-state index < -0.39 is 53.6 Å². The minimum absolute atomic E-state index is 0.0632. The van der Waals surface area contributed by atoms with Gasteiger partial charge in [0, 0.05) is 12.5 Å². The summed E-state index contributed by atoms with van der Waals surface area (Å²) < 4.78 is 16.8. The van der Waals surface area contributed by atoms with E-state index in [1.54, 1.807) is 41.5 Å². The number of carboxylic acids is 1. The topological polar surface area (TPSA) is 144 Å². The number of hydrogen-bond donors (Lipinski definition) is 3. The van der Waals surface area contributed by atoms with Crippen molar-refractivity contribution in [2.75, 3.05) is 13.2 Å². The van der Waals surface area contributed by atoms with E-state index in [2.05, 4.69) is 10.6 Å². The summed E-state index contributed by atoms with van der Waals surface area (Å²) in [5, 5.41) is 15.3. The molecule has 2 aromatic carbocycles. The highest BCUT2D eigenvalue weighted by molar-refractivity contribution is 5.90. The van der Waals surface area contributed by atoms with Gasteiger partial charge in [-0.1, -0.05) is 48.5 Å². The fraction of sp³-hybridized carbons (Fsp3) is 0.515. The van der Waals surface area contributed by atoms with Gasteiger partial charge in [-0.05, 0) is 83.1 Å². The van der Waals surface area contributed by atoms with E-state index in [0.29, 0.717) is 19.4 Å². The Labute approximate surface area is 258 Å². The van der Waals surface area contributed by atoms with Gasteiger partial charge in [-0.3, -0.25) is 9.69 Å². The van der Waals surface area contributed by atoms with Crippen molar-refractivity contribution in [3.8, 4) is 11.1 Å². The van der Waals surface area contributed by atoms with Gasteiger partial charge >= 0.3 is 18.2 Å². The Morgan fingerprint density at radius 1 is 0.977 bits per heavy atom. The molecular formula is C33H43N3O8. The van der Waals surface area contributed by atoms with Crippen molar-refractivity contribution in [2.24, 2.45) is 0 Å². The molecule has 2 aromatic rings. The summed E-state index contributed by atoms with van der Waals surface area (Å²) in [7, 11) is 0. The van der Waals surface area contributed by atoms with E-state index in [4.69, 9.17) is 14.2 Å². The first kappa shape index (κ1) is 32.8. The molecule has 1 aliphatic carbocycles. The average molecular weight is 610 g/mol. The summed E-state index contributed by atoms with van der Waals surface area (Å²) in [6.45, 7) is 10.5. The zero-order valence-electron chi connectivity index (χ0n) is 26.2. The Balaban J connectivity index is 1.44. The number of carboxylic acid groups (broad SMARTS) is 1. The predicted molar refractivity (Wildman–Crippen MR) is 163 cm³/mol. The number of alkyl carbamates (subject to hydrolysis) is 2. The molecule has 0 saturated carbocycles. The number of carbonyl (C=O) groups is 4. The Hall–Kier alpha value is -4.12. The molecule has 0 spiro atoms. The Morgan fingerprint density at radius 3 is 2.14 bits per heavy atom. The summed E-state index contributed by atoms with van der Waals surface area (Å²) in [6, 6.07) is 13.6. The summed E-state index contributed by atoms with van der Waals surface area (Å²) in [5.41, 5.74) is 2.46. The van der Waals surface area contributed by atoms with Gasteiger partial charge in [0.1, 0.15) is 24.0 Å². The molecule has 238 valence electrons. The van der Waals surface area contributed by atoms with Crippen molar-refractivity contribution in [1.29, 1.82) is 0 Å². The average Bonchev–Trinajstić information content (AvgIpc) is 3.39. The SMILES string of the molecule is CC1OC(C)(C)N(C(=O)C(CCCCNC(=O)OC(C)(C)C)NC(=O)OCC2c3ccccc3-c3ccccc32)C1C(=O)O. The number of ether oxygens (including phenoxy) is 3. The summed E-state index contributed by atoms with van der Waals surface area (Å²) in [5.74, 6) is -1.94. The maximum atomic E-state index is 13.9. The third-order valence-electron chi connectivity index (χ3n) is 7.79. The van der Waals surface area contributed by atoms with E-state index in [-0.39, 0.29) is 18.9 Å². The molecule has 11 nitrogen and oxygen atoms in total. The van der Waals surface area contributed by atoms with Crippen LogP contribution in [-0.2, 0) is 23.8 Å². The van der Waals surface area contributed by atoms with Crippen molar-refractivity contribution in [3.05, 3.63) is 59.7 Å². The van der Waals surface area contributed by atoms with Crippen LogP contribution in [0.4, 0.5) is 9.59 Å².